The fraction of sp³-hybridized carbons (Fsp3) is 0.381. The average Bonchev–Trinajstić information content (AvgIpc) is 2.64. The lowest BCUT2D eigenvalue weighted by molar-refractivity contribution is 0.0953. The molecule has 2 rings (SSSR count). The third kappa shape index (κ3) is 6.88. The number of sulfonamides is 1. The summed E-state index contributed by atoms with van der Waals surface area (Å²) in [6.45, 7) is 5.06. The fourth-order valence-corrected chi connectivity index (χ4v) is 3.34. The van der Waals surface area contributed by atoms with Crippen LogP contribution in [0.4, 0.5) is 5.69 Å². The zero-order chi connectivity index (χ0) is 20.6. The van der Waals surface area contributed by atoms with Crippen LogP contribution in [0.3, 0.4) is 0 Å². The molecule has 2 aromatic carbocycles. The lowest BCUT2D eigenvalue weighted by atomic mass is 10.1. The monoisotopic (exact) mass is 404 g/mol. The Hall–Kier alpha value is -2.54. The van der Waals surface area contributed by atoms with Crippen molar-refractivity contribution >= 4 is 21.6 Å². The summed E-state index contributed by atoms with van der Waals surface area (Å²) in [6, 6.07) is 12.9. The molecule has 0 spiro atoms. The van der Waals surface area contributed by atoms with E-state index in [1.807, 2.05) is 24.3 Å². The van der Waals surface area contributed by atoms with E-state index in [-0.39, 0.29) is 5.91 Å². The maximum Gasteiger partial charge on any atom is 0.251 e. The van der Waals surface area contributed by atoms with Gasteiger partial charge >= 0.3 is 0 Å². The van der Waals surface area contributed by atoms with E-state index in [1.165, 1.54) is 0 Å². The van der Waals surface area contributed by atoms with E-state index in [1.54, 1.807) is 25.1 Å². The van der Waals surface area contributed by atoms with E-state index in [2.05, 4.69) is 17.0 Å². The number of anilines is 1. The Kier molecular flexibility index (Phi) is 7.87. The van der Waals surface area contributed by atoms with Gasteiger partial charge in [0.15, 0.2) is 0 Å². The summed E-state index contributed by atoms with van der Waals surface area (Å²) < 4.78 is 31.1. The first kappa shape index (κ1) is 21.8. The molecule has 0 heterocycles. The van der Waals surface area contributed by atoms with Crippen molar-refractivity contribution in [1.82, 2.24) is 5.32 Å². The van der Waals surface area contributed by atoms with Crippen LogP contribution in [0.2, 0.25) is 0 Å². The molecule has 0 atom stereocenters. The Labute approximate surface area is 167 Å². The molecule has 28 heavy (non-hydrogen) atoms. The summed E-state index contributed by atoms with van der Waals surface area (Å²) >= 11 is 0. The molecule has 1 amide bonds. The number of carbonyl (C=O) groups excluding carboxylic acids is 1. The van der Waals surface area contributed by atoms with E-state index in [0.717, 1.165) is 42.4 Å². The number of nitrogens with one attached hydrogen (secondary N) is 2. The van der Waals surface area contributed by atoms with Crippen molar-refractivity contribution in [2.75, 3.05) is 24.1 Å². The van der Waals surface area contributed by atoms with Crippen LogP contribution >= 0.6 is 0 Å². The molecule has 0 bridgehead atoms. The minimum Gasteiger partial charge on any atom is -0.493 e. The van der Waals surface area contributed by atoms with E-state index in [9.17, 15) is 13.2 Å². The fourth-order valence-electron chi connectivity index (χ4n) is 2.72. The molecule has 2 N–H and O–H groups in total. The van der Waals surface area contributed by atoms with Crippen LogP contribution in [-0.4, -0.2) is 33.7 Å². The molecule has 0 fully saturated rings. The van der Waals surface area contributed by atoms with Crippen molar-refractivity contribution in [2.45, 2.75) is 33.1 Å². The Morgan fingerprint density at radius 2 is 1.89 bits per heavy atom. The van der Waals surface area contributed by atoms with Crippen molar-refractivity contribution in [3.63, 3.8) is 0 Å². The molecule has 0 unspecified atom stereocenters. The third-order valence-corrected chi connectivity index (χ3v) is 4.73. The number of para-hydroxylation sites is 1. The Bertz CT molecular complexity index is 910. The zero-order valence-corrected chi connectivity index (χ0v) is 17.4. The highest BCUT2D eigenvalue weighted by molar-refractivity contribution is 7.92. The Morgan fingerprint density at radius 1 is 1.14 bits per heavy atom. The Balaban J connectivity index is 1.90. The topological polar surface area (TPSA) is 84.5 Å². The summed E-state index contributed by atoms with van der Waals surface area (Å²) in [5, 5.41) is 2.88. The third-order valence-electron chi connectivity index (χ3n) is 4.14. The summed E-state index contributed by atoms with van der Waals surface area (Å²) in [5.74, 6) is 0.665. The number of hydrogen-bond donors (Lipinski definition) is 2. The maximum atomic E-state index is 12.4. The second-order valence-electron chi connectivity index (χ2n) is 6.72. The molecular formula is C21H28N2O4S. The standard InChI is InChI=1S/C21H28N2O4S/c1-4-14-27-20-10-6-5-8-17(20)9-7-13-22-21(24)18-12-11-16(2)19(15-18)23-28(3,25)26/h5-6,8,10-12,15,23H,4,7,9,13-14H2,1-3H3,(H,22,24). The molecular weight excluding hydrogens is 376 g/mol. The van der Waals surface area contributed by atoms with Gasteiger partial charge in [-0.25, -0.2) is 8.42 Å². The highest BCUT2D eigenvalue weighted by Gasteiger charge is 2.11. The zero-order valence-electron chi connectivity index (χ0n) is 16.6. The molecule has 7 heteroatoms. The largest absolute Gasteiger partial charge is 0.493 e. The second kappa shape index (κ2) is 10.1. The van der Waals surface area contributed by atoms with Gasteiger partial charge in [-0.1, -0.05) is 31.2 Å². The molecule has 2 aromatic rings. The lowest BCUT2D eigenvalue weighted by Gasteiger charge is -2.12. The number of amides is 1. The number of hydrogen-bond acceptors (Lipinski definition) is 4. The van der Waals surface area contributed by atoms with Gasteiger partial charge in [0.05, 0.1) is 18.6 Å². The normalized spacial score (nSPS) is 11.1. The number of aryl methyl sites for hydroxylation is 2. The van der Waals surface area contributed by atoms with Crippen molar-refractivity contribution in [3.05, 3.63) is 59.2 Å². The van der Waals surface area contributed by atoms with Crippen LogP contribution in [0, 0.1) is 6.92 Å². The van der Waals surface area contributed by atoms with Crippen molar-refractivity contribution in [1.29, 1.82) is 0 Å². The molecule has 0 aromatic heterocycles. The number of ether oxygens (including phenoxy) is 1. The summed E-state index contributed by atoms with van der Waals surface area (Å²) in [4.78, 5) is 12.4. The van der Waals surface area contributed by atoms with Gasteiger partial charge in [-0.05, 0) is 55.5 Å². The van der Waals surface area contributed by atoms with Crippen molar-refractivity contribution < 1.29 is 17.9 Å². The van der Waals surface area contributed by atoms with Crippen molar-refractivity contribution in [2.24, 2.45) is 0 Å². The van der Waals surface area contributed by atoms with Gasteiger partial charge in [-0.2, -0.15) is 0 Å². The number of rotatable bonds is 10. The van der Waals surface area contributed by atoms with Gasteiger partial charge in [0, 0.05) is 12.1 Å². The lowest BCUT2D eigenvalue weighted by Crippen LogP contribution is -2.25. The van der Waals surface area contributed by atoms with Gasteiger partial charge in [0.2, 0.25) is 10.0 Å². The Morgan fingerprint density at radius 3 is 2.61 bits per heavy atom. The first-order chi connectivity index (χ1) is 13.3. The van der Waals surface area contributed by atoms with Gasteiger partial charge in [0.1, 0.15) is 5.75 Å². The van der Waals surface area contributed by atoms with Crippen molar-refractivity contribution in [3.8, 4) is 5.75 Å². The van der Waals surface area contributed by atoms with E-state index in [0.29, 0.717) is 24.4 Å². The molecule has 152 valence electrons. The SMILES string of the molecule is CCCOc1ccccc1CCCNC(=O)c1ccc(C)c(NS(C)(=O)=O)c1. The van der Waals surface area contributed by atoms with Crippen LogP contribution in [0.15, 0.2) is 42.5 Å². The molecule has 0 aliphatic carbocycles. The quantitative estimate of drug-likeness (QED) is 0.594. The maximum absolute atomic E-state index is 12.4. The van der Waals surface area contributed by atoms with Crippen LogP contribution in [0.5, 0.6) is 5.75 Å². The molecule has 6 nitrogen and oxygen atoms in total. The van der Waals surface area contributed by atoms with E-state index in [4.69, 9.17) is 4.74 Å². The van der Waals surface area contributed by atoms with Gasteiger partial charge < -0.3 is 10.1 Å². The molecule has 0 radical (unpaired) electrons. The predicted octanol–water partition coefficient (Wildman–Crippen LogP) is 3.52. The molecule has 0 saturated carbocycles. The number of benzene rings is 2. The molecule has 0 aliphatic heterocycles. The van der Waals surface area contributed by atoms with Crippen LogP contribution < -0.4 is 14.8 Å². The first-order valence-electron chi connectivity index (χ1n) is 9.37. The van der Waals surface area contributed by atoms with Gasteiger partial charge in [-0.15, -0.1) is 0 Å². The minimum atomic E-state index is -3.40. The summed E-state index contributed by atoms with van der Waals surface area (Å²) in [6.07, 6.45) is 3.62. The summed E-state index contributed by atoms with van der Waals surface area (Å²) in [5.41, 5.74) is 2.71. The highest BCUT2D eigenvalue weighted by atomic mass is 32.2. The van der Waals surface area contributed by atoms with E-state index < -0.39 is 10.0 Å². The molecule has 0 saturated heterocycles. The smallest absolute Gasteiger partial charge is 0.251 e. The van der Waals surface area contributed by atoms with Crippen LogP contribution in [0.25, 0.3) is 0 Å². The predicted molar refractivity (Wildman–Crippen MR) is 113 cm³/mol. The number of carbonyl (C=O) groups is 1. The summed E-state index contributed by atoms with van der Waals surface area (Å²) in [7, 11) is -3.40. The average molecular weight is 405 g/mol. The van der Waals surface area contributed by atoms with E-state index >= 15 is 0 Å². The second-order valence-corrected chi connectivity index (χ2v) is 8.47. The van der Waals surface area contributed by atoms with Crippen LogP contribution in [0.1, 0.15) is 41.3 Å². The minimum absolute atomic E-state index is 0.230. The molecule has 0 aliphatic rings. The van der Waals surface area contributed by atoms with Gasteiger partial charge in [0.25, 0.3) is 5.91 Å². The highest BCUT2D eigenvalue weighted by Crippen LogP contribution is 2.20. The van der Waals surface area contributed by atoms with Gasteiger partial charge in [-0.3, -0.25) is 9.52 Å². The van der Waals surface area contributed by atoms with Crippen LogP contribution in [-0.2, 0) is 16.4 Å². The first-order valence-corrected chi connectivity index (χ1v) is 11.3.